The van der Waals surface area contributed by atoms with E-state index in [2.05, 4.69) is 33.1 Å². The van der Waals surface area contributed by atoms with Crippen molar-refractivity contribution < 1.29 is 9.53 Å². The van der Waals surface area contributed by atoms with Gasteiger partial charge in [-0.3, -0.25) is 4.79 Å². The predicted octanol–water partition coefficient (Wildman–Crippen LogP) is 3.86. The Balaban J connectivity index is 1.34. The highest BCUT2D eigenvalue weighted by atomic mass is 16.5. The molecule has 6 nitrogen and oxygen atoms in total. The van der Waals surface area contributed by atoms with Crippen molar-refractivity contribution in [3.8, 4) is 0 Å². The fourth-order valence-corrected chi connectivity index (χ4v) is 4.64. The summed E-state index contributed by atoms with van der Waals surface area (Å²) in [5.41, 5.74) is 3.58. The van der Waals surface area contributed by atoms with Crippen molar-refractivity contribution >= 4 is 23.2 Å². The van der Waals surface area contributed by atoms with Crippen LogP contribution in [0.2, 0.25) is 0 Å². The summed E-state index contributed by atoms with van der Waals surface area (Å²) in [6, 6.07) is 11.9. The molecular formula is C24H30N4O2. The van der Waals surface area contributed by atoms with E-state index in [1.165, 1.54) is 31.2 Å². The van der Waals surface area contributed by atoms with Gasteiger partial charge in [-0.25, -0.2) is 4.98 Å². The first-order valence-corrected chi connectivity index (χ1v) is 11.1. The van der Waals surface area contributed by atoms with Gasteiger partial charge in [-0.2, -0.15) is 0 Å². The predicted molar refractivity (Wildman–Crippen MR) is 120 cm³/mol. The highest BCUT2D eigenvalue weighted by Crippen LogP contribution is 2.54. The molecule has 0 atom stereocenters. The van der Waals surface area contributed by atoms with Gasteiger partial charge in [0.2, 0.25) is 0 Å². The number of hydrogen-bond donors (Lipinski definition) is 1. The number of pyridine rings is 1. The number of anilines is 3. The van der Waals surface area contributed by atoms with Crippen molar-refractivity contribution in [3.05, 3.63) is 47.5 Å². The van der Waals surface area contributed by atoms with E-state index in [1.807, 2.05) is 30.3 Å². The van der Waals surface area contributed by atoms with Crippen LogP contribution in [0.1, 0.15) is 41.6 Å². The average Bonchev–Trinajstić information content (AvgIpc) is 3.53. The largest absolute Gasteiger partial charge is 0.378 e. The number of carbonyl (C=O) groups excluding carboxylic acids is 1. The summed E-state index contributed by atoms with van der Waals surface area (Å²) in [6.07, 6.45) is 5.25. The lowest BCUT2D eigenvalue weighted by atomic mass is 9.92. The SMILES string of the molecule is Cc1ccc(C(=O)Nc2cccc(N3CCOCC3)n2)c(N2CCC3(CC2)CC3)c1. The number of morpholine rings is 1. The first-order valence-electron chi connectivity index (χ1n) is 11.1. The molecule has 6 heteroatoms. The van der Waals surface area contributed by atoms with Crippen LogP contribution in [0, 0.1) is 12.3 Å². The van der Waals surface area contributed by atoms with Crippen LogP contribution in [0.4, 0.5) is 17.3 Å². The lowest BCUT2D eigenvalue weighted by Crippen LogP contribution is -2.37. The molecule has 2 saturated heterocycles. The average molecular weight is 407 g/mol. The summed E-state index contributed by atoms with van der Waals surface area (Å²) < 4.78 is 5.43. The molecule has 3 fully saturated rings. The Bertz CT molecular complexity index is 925. The second kappa shape index (κ2) is 7.91. The first kappa shape index (κ1) is 19.4. The highest BCUT2D eigenvalue weighted by Gasteiger charge is 2.44. The Labute approximate surface area is 178 Å². The maximum Gasteiger partial charge on any atom is 0.258 e. The lowest BCUT2D eigenvalue weighted by molar-refractivity contribution is 0.102. The van der Waals surface area contributed by atoms with Gasteiger partial charge in [0, 0.05) is 31.9 Å². The second-order valence-electron chi connectivity index (χ2n) is 8.94. The van der Waals surface area contributed by atoms with E-state index in [4.69, 9.17) is 4.74 Å². The Morgan fingerprint density at radius 2 is 1.77 bits per heavy atom. The molecule has 2 aliphatic heterocycles. The molecule has 30 heavy (non-hydrogen) atoms. The number of aromatic nitrogens is 1. The summed E-state index contributed by atoms with van der Waals surface area (Å²) in [5, 5.41) is 3.03. The summed E-state index contributed by atoms with van der Waals surface area (Å²) >= 11 is 0. The van der Waals surface area contributed by atoms with Gasteiger partial charge in [-0.05, 0) is 67.9 Å². The highest BCUT2D eigenvalue weighted by molar-refractivity contribution is 6.08. The molecule has 1 saturated carbocycles. The van der Waals surface area contributed by atoms with Gasteiger partial charge >= 0.3 is 0 Å². The third kappa shape index (κ3) is 4.01. The molecule has 0 unspecified atom stereocenters. The number of nitrogens with one attached hydrogen (secondary N) is 1. The smallest absolute Gasteiger partial charge is 0.258 e. The van der Waals surface area contributed by atoms with Crippen LogP contribution in [-0.4, -0.2) is 50.3 Å². The maximum absolute atomic E-state index is 13.2. The Hall–Kier alpha value is -2.60. The molecule has 158 valence electrons. The summed E-state index contributed by atoms with van der Waals surface area (Å²) in [7, 11) is 0. The second-order valence-corrected chi connectivity index (χ2v) is 8.94. The number of nitrogens with zero attached hydrogens (tertiary/aromatic N) is 3. The molecule has 1 N–H and O–H groups in total. The Morgan fingerprint density at radius 1 is 1.00 bits per heavy atom. The number of amides is 1. The quantitative estimate of drug-likeness (QED) is 0.836. The van der Waals surface area contributed by atoms with Crippen molar-refractivity contribution in [2.75, 3.05) is 54.5 Å². The monoisotopic (exact) mass is 406 g/mol. The summed E-state index contributed by atoms with van der Waals surface area (Å²) in [5.74, 6) is 1.38. The third-order valence-electron chi connectivity index (χ3n) is 6.83. The molecule has 1 amide bonds. The van der Waals surface area contributed by atoms with Crippen molar-refractivity contribution in [2.45, 2.75) is 32.6 Å². The zero-order valence-corrected chi connectivity index (χ0v) is 17.7. The van der Waals surface area contributed by atoms with Crippen molar-refractivity contribution in [2.24, 2.45) is 5.41 Å². The Kier molecular flexibility index (Phi) is 5.11. The number of piperidine rings is 1. The van der Waals surface area contributed by atoms with E-state index in [0.717, 1.165) is 43.2 Å². The van der Waals surface area contributed by atoms with Crippen molar-refractivity contribution in [1.29, 1.82) is 0 Å². The third-order valence-corrected chi connectivity index (χ3v) is 6.83. The minimum atomic E-state index is -0.0941. The minimum absolute atomic E-state index is 0.0941. The zero-order valence-electron chi connectivity index (χ0n) is 17.7. The molecule has 0 radical (unpaired) electrons. The number of hydrogen-bond acceptors (Lipinski definition) is 5. The van der Waals surface area contributed by atoms with Crippen LogP contribution < -0.4 is 15.1 Å². The van der Waals surface area contributed by atoms with Gasteiger partial charge in [-0.1, -0.05) is 12.1 Å². The normalized spacial score (nSPS) is 20.3. The van der Waals surface area contributed by atoms with Gasteiger partial charge in [0.25, 0.3) is 5.91 Å². The van der Waals surface area contributed by atoms with Crippen molar-refractivity contribution in [1.82, 2.24) is 4.98 Å². The van der Waals surface area contributed by atoms with Crippen LogP contribution in [0.3, 0.4) is 0 Å². The first-order chi connectivity index (χ1) is 14.6. The molecule has 1 aromatic carbocycles. The van der Waals surface area contributed by atoms with Crippen LogP contribution in [0.15, 0.2) is 36.4 Å². The minimum Gasteiger partial charge on any atom is -0.378 e. The standard InChI is InChI=1S/C24H30N4O2/c1-18-5-6-19(20(17-18)27-11-9-24(7-8-24)10-12-27)23(29)26-21-3-2-4-22(25-21)28-13-15-30-16-14-28/h2-6,17H,7-16H2,1H3,(H,25,26,29). The van der Waals surface area contributed by atoms with E-state index in [-0.39, 0.29) is 5.91 Å². The molecule has 1 aliphatic carbocycles. The van der Waals surface area contributed by atoms with E-state index in [0.29, 0.717) is 24.4 Å². The summed E-state index contributed by atoms with van der Waals surface area (Å²) in [6.45, 7) is 7.23. The topological polar surface area (TPSA) is 57.7 Å². The fourth-order valence-electron chi connectivity index (χ4n) is 4.64. The van der Waals surface area contributed by atoms with E-state index < -0.39 is 0 Å². The molecule has 2 aromatic rings. The van der Waals surface area contributed by atoms with Crippen LogP contribution >= 0.6 is 0 Å². The molecule has 3 aliphatic rings. The van der Waals surface area contributed by atoms with Gasteiger partial charge in [0.1, 0.15) is 11.6 Å². The van der Waals surface area contributed by atoms with Crippen LogP contribution in [0.5, 0.6) is 0 Å². The van der Waals surface area contributed by atoms with Gasteiger partial charge in [-0.15, -0.1) is 0 Å². The number of aryl methyl sites for hydroxylation is 1. The number of carbonyl (C=O) groups is 1. The molecule has 3 heterocycles. The molecule has 1 aromatic heterocycles. The molecular weight excluding hydrogens is 376 g/mol. The Morgan fingerprint density at radius 3 is 2.50 bits per heavy atom. The van der Waals surface area contributed by atoms with Crippen LogP contribution in [0.25, 0.3) is 0 Å². The van der Waals surface area contributed by atoms with Crippen LogP contribution in [-0.2, 0) is 4.74 Å². The molecule has 0 bridgehead atoms. The van der Waals surface area contributed by atoms with E-state index in [9.17, 15) is 4.79 Å². The lowest BCUT2D eigenvalue weighted by Gasteiger charge is -2.35. The number of benzene rings is 1. The number of ether oxygens (including phenoxy) is 1. The summed E-state index contributed by atoms with van der Waals surface area (Å²) in [4.78, 5) is 22.5. The van der Waals surface area contributed by atoms with E-state index >= 15 is 0 Å². The molecule has 1 spiro atoms. The van der Waals surface area contributed by atoms with Crippen molar-refractivity contribution in [3.63, 3.8) is 0 Å². The van der Waals surface area contributed by atoms with E-state index in [1.54, 1.807) is 0 Å². The van der Waals surface area contributed by atoms with Gasteiger partial charge in [0.05, 0.1) is 18.8 Å². The maximum atomic E-state index is 13.2. The molecule has 5 rings (SSSR count). The fraction of sp³-hybridized carbons (Fsp3) is 0.500. The van der Waals surface area contributed by atoms with Gasteiger partial charge in [0.15, 0.2) is 0 Å². The van der Waals surface area contributed by atoms with Gasteiger partial charge < -0.3 is 19.9 Å². The number of rotatable bonds is 4. The zero-order chi connectivity index (χ0) is 20.6.